The standard InChI is InChI=1S/C13H18N4O/c1-5-14-10(4)13-16-12(17-18-13)11-9(3)6-8(2)7-15-11/h6-7,10,14H,5H2,1-4H3. The van der Waals surface area contributed by atoms with Gasteiger partial charge in [-0.05, 0) is 38.4 Å². The minimum absolute atomic E-state index is 0.0574. The van der Waals surface area contributed by atoms with Crippen molar-refractivity contribution in [3.05, 3.63) is 29.3 Å². The molecule has 0 aliphatic heterocycles. The van der Waals surface area contributed by atoms with Crippen LogP contribution in [-0.4, -0.2) is 21.7 Å². The van der Waals surface area contributed by atoms with Gasteiger partial charge in [0, 0.05) is 6.20 Å². The van der Waals surface area contributed by atoms with Crippen LogP contribution >= 0.6 is 0 Å². The molecule has 0 radical (unpaired) electrons. The maximum absolute atomic E-state index is 5.26. The minimum Gasteiger partial charge on any atom is -0.337 e. The lowest BCUT2D eigenvalue weighted by Crippen LogP contribution is -2.17. The van der Waals surface area contributed by atoms with E-state index in [0.29, 0.717) is 11.7 Å². The van der Waals surface area contributed by atoms with Gasteiger partial charge in [0.1, 0.15) is 5.69 Å². The quantitative estimate of drug-likeness (QED) is 0.897. The molecule has 2 aromatic heterocycles. The zero-order valence-corrected chi connectivity index (χ0v) is 11.2. The van der Waals surface area contributed by atoms with E-state index in [2.05, 4.69) is 26.5 Å². The summed E-state index contributed by atoms with van der Waals surface area (Å²) in [7, 11) is 0. The Kier molecular flexibility index (Phi) is 3.72. The zero-order chi connectivity index (χ0) is 13.1. The Hall–Kier alpha value is -1.75. The first-order valence-electron chi connectivity index (χ1n) is 6.12. The number of hydrogen-bond acceptors (Lipinski definition) is 5. The second kappa shape index (κ2) is 5.27. The second-order valence-corrected chi connectivity index (χ2v) is 4.41. The highest BCUT2D eigenvalue weighted by atomic mass is 16.5. The lowest BCUT2D eigenvalue weighted by Gasteiger charge is -2.05. The monoisotopic (exact) mass is 246 g/mol. The summed E-state index contributed by atoms with van der Waals surface area (Å²) in [5, 5.41) is 7.23. The van der Waals surface area contributed by atoms with Crippen LogP contribution in [0.25, 0.3) is 11.5 Å². The molecular weight excluding hydrogens is 228 g/mol. The van der Waals surface area contributed by atoms with Crippen molar-refractivity contribution in [3.8, 4) is 11.5 Å². The van der Waals surface area contributed by atoms with E-state index in [1.54, 1.807) is 0 Å². The third-order valence-corrected chi connectivity index (χ3v) is 2.75. The fourth-order valence-corrected chi connectivity index (χ4v) is 1.85. The Balaban J connectivity index is 2.29. The number of aromatic nitrogens is 3. The summed E-state index contributed by atoms with van der Waals surface area (Å²) >= 11 is 0. The van der Waals surface area contributed by atoms with Crippen molar-refractivity contribution < 1.29 is 4.52 Å². The van der Waals surface area contributed by atoms with E-state index < -0.39 is 0 Å². The van der Waals surface area contributed by atoms with Crippen LogP contribution in [-0.2, 0) is 0 Å². The van der Waals surface area contributed by atoms with Crippen molar-refractivity contribution in [3.63, 3.8) is 0 Å². The molecule has 96 valence electrons. The van der Waals surface area contributed by atoms with Crippen LogP contribution in [0, 0.1) is 13.8 Å². The topological polar surface area (TPSA) is 63.8 Å². The van der Waals surface area contributed by atoms with Gasteiger partial charge in [-0.15, -0.1) is 0 Å². The van der Waals surface area contributed by atoms with Crippen LogP contribution in [0.1, 0.15) is 36.9 Å². The second-order valence-electron chi connectivity index (χ2n) is 4.41. The first-order chi connectivity index (χ1) is 8.61. The van der Waals surface area contributed by atoms with E-state index in [4.69, 9.17) is 4.52 Å². The van der Waals surface area contributed by atoms with Crippen molar-refractivity contribution in [1.29, 1.82) is 0 Å². The summed E-state index contributed by atoms with van der Waals surface area (Å²) in [6.45, 7) is 8.91. The number of nitrogens with zero attached hydrogens (tertiary/aromatic N) is 3. The van der Waals surface area contributed by atoms with Crippen molar-refractivity contribution in [2.45, 2.75) is 33.7 Å². The normalized spacial score (nSPS) is 12.7. The molecule has 0 saturated carbocycles. The Morgan fingerprint density at radius 3 is 2.83 bits per heavy atom. The highest BCUT2D eigenvalue weighted by Crippen LogP contribution is 2.20. The molecular formula is C13H18N4O. The average Bonchev–Trinajstić information content (AvgIpc) is 2.78. The molecule has 1 atom stereocenters. The highest BCUT2D eigenvalue weighted by molar-refractivity contribution is 5.54. The highest BCUT2D eigenvalue weighted by Gasteiger charge is 2.16. The molecule has 0 bridgehead atoms. The molecule has 0 amide bonds. The van der Waals surface area contributed by atoms with Crippen molar-refractivity contribution >= 4 is 0 Å². The van der Waals surface area contributed by atoms with Gasteiger partial charge in [-0.3, -0.25) is 4.98 Å². The minimum atomic E-state index is 0.0574. The van der Waals surface area contributed by atoms with Crippen LogP contribution in [0.5, 0.6) is 0 Å². The number of aryl methyl sites for hydroxylation is 2. The molecule has 0 spiro atoms. The fraction of sp³-hybridized carbons (Fsp3) is 0.462. The third-order valence-electron chi connectivity index (χ3n) is 2.75. The molecule has 0 saturated heterocycles. The molecule has 2 aromatic rings. The molecule has 2 heterocycles. The van der Waals surface area contributed by atoms with E-state index in [9.17, 15) is 0 Å². The summed E-state index contributed by atoms with van der Waals surface area (Å²) in [5.74, 6) is 1.14. The van der Waals surface area contributed by atoms with Crippen molar-refractivity contribution in [1.82, 2.24) is 20.4 Å². The van der Waals surface area contributed by atoms with Gasteiger partial charge in [-0.2, -0.15) is 4.98 Å². The maximum atomic E-state index is 5.26. The van der Waals surface area contributed by atoms with Gasteiger partial charge in [0.2, 0.25) is 11.7 Å². The van der Waals surface area contributed by atoms with Gasteiger partial charge < -0.3 is 9.84 Å². The van der Waals surface area contributed by atoms with Gasteiger partial charge in [0.05, 0.1) is 6.04 Å². The number of rotatable bonds is 4. The van der Waals surface area contributed by atoms with E-state index >= 15 is 0 Å². The molecule has 0 aliphatic rings. The summed E-state index contributed by atoms with van der Waals surface area (Å²) in [6, 6.07) is 2.12. The summed E-state index contributed by atoms with van der Waals surface area (Å²) in [6.07, 6.45) is 1.81. The van der Waals surface area contributed by atoms with Gasteiger partial charge in [0.15, 0.2) is 0 Å². The lowest BCUT2D eigenvalue weighted by atomic mass is 10.1. The SMILES string of the molecule is CCNC(C)c1nc(-c2ncc(C)cc2C)no1. The third kappa shape index (κ3) is 2.56. The smallest absolute Gasteiger partial charge is 0.243 e. The summed E-state index contributed by atoms with van der Waals surface area (Å²) < 4.78 is 5.26. The molecule has 5 nitrogen and oxygen atoms in total. The van der Waals surface area contributed by atoms with E-state index in [-0.39, 0.29) is 6.04 Å². The van der Waals surface area contributed by atoms with E-state index in [1.807, 2.05) is 33.9 Å². The first-order valence-corrected chi connectivity index (χ1v) is 6.12. The van der Waals surface area contributed by atoms with Crippen LogP contribution in [0.2, 0.25) is 0 Å². The maximum Gasteiger partial charge on any atom is 0.243 e. The van der Waals surface area contributed by atoms with E-state index in [1.165, 1.54) is 0 Å². The number of nitrogens with one attached hydrogen (secondary N) is 1. The Morgan fingerprint density at radius 2 is 2.17 bits per heavy atom. The van der Waals surface area contributed by atoms with Crippen molar-refractivity contribution in [2.75, 3.05) is 6.54 Å². The van der Waals surface area contributed by atoms with Gasteiger partial charge >= 0.3 is 0 Å². The van der Waals surface area contributed by atoms with Crippen LogP contribution in [0.4, 0.5) is 0 Å². The van der Waals surface area contributed by atoms with Gasteiger partial charge in [0.25, 0.3) is 0 Å². The molecule has 0 fully saturated rings. The Labute approximate surface area is 107 Å². The largest absolute Gasteiger partial charge is 0.337 e. The van der Waals surface area contributed by atoms with Gasteiger partial charge in [-0.25, -0.2) is 0 Å². The first kappa shape index (κ1) is 12.7. The summed E-state index contributed by atoms with van der Waals surface area (Å²) in [5.41, 5.74) is 2.96. The molecule has 5 heteroatoms. The predicted octanol–water partition coefficient (Wildman–Crippen LogP) is 2.42. The molecule has 1 N–H and O–H groups in total. The fourth-order valence-electron chi connectivity index (χ4n) is 1.85. The molecule has 0 aromatic carbocycles. The molecule has 18 heavy (non-hydrogen) atoms. The molecule has 2 rings (SSSR count). The van der Waals surface area contributed by atoms with Crippen molar-refractivity contribution in [2.24, 2.45) is 0 Å². The number of pyridine rings is 1. The summed E-state index contributed by atoms with van der Waals surface area (Å²) in [4.78, 5) is 8.75. The Bertz CT molecular complexity index is 536. The van der Waals surface area contributed by atoms with Crippen LogP contribution in [0.3, 0.4) is 0 Å². The lowest BCUT2D eigenvalue weighted by molar-refractivity contribution is 0.342. The molecule has 1 unspecified atom stereocenters. The predicted molar refractivity (Wildman–Crippen MR) is 69.1 cm³/mol. The average molecular weight is 246 g/mol. The molecule has 0 aliphatic carbocycles. The Morgan fingerprint density at radius 1 is 1.39 bits per heavy atom. The van der Waals surface area contributed by atoms with Gasteiger partial charge in [-0.1, -0.05) is 18.1 Å². The van der Waals surface area contributed by atoms with Crippen LogP contribution < -0.4 is 5.32 Å². The number of hydrogen-bond donors (Lipinski definition) is 1. The zero-order valence-electron chi connectivity index (χ0n) is 11.2. The van der Waals surface area contributed by atoms with Crippen LogP contribution in [0.15, 0.2) is 16.8 Å². The van der Waals surface area contributed by atoms with E-state index in [0.717, 1.165) is 23.4 Å².